The molecule has 1 aliphatic carbocycles. The van der Waals surface area contributed by atoms with E-state index in [2.05, 4.69) is 5.48 Å². The fraction of sp³-hybridized carbons (Fsp3) is 0.217. The molecule has 3 rings (SSSR count). The zero-order chi connectivity index (χ0) is 21.8. The Morgan fingerprint density at radius 1 is 1.13 bits per heavy atom. The van der Waals surface area contributed by atoms with Gasteiger partial charge in [0, 0.05) is 28.9 Å². The summed E-state index contributed by atoms with van der Waals surface area (Å²) in [6.45, 7) is 3.26. The average Bonchev–Trinajstić information content (AvgIpc) is 2.96. The van der Waals surface area contributed by atoms with Crippen molar-refractivity contribution >= 4 is 39.7 Å². The molecule has 0 heterocycles. The summed E-state index contributed by atoms with van der Waals surface area (Å²) in [6.07, 6.45) is 4.08. The summed E-state index contributed by atoms with van der Waals surface area (Å²) in [4.78, 5) is 28.1. The third-order valence-corrected chi connectivity index (χ3v) is 5.85. The summed E-state index contributed by atoms with van der Waals surface area (Å²) in [5.74, 6) is -1.78. The molecule has 0 saturated heterocycles. The first-order valence-corrected chi connectivity index (χ1v) is 10.9. The number of carbonyl (C=O) groups is 2. The average molecular weight is 427 g/mol. The zero-order valence-corrected chi connectivity index (χ0v) is 17.8. The molecule has 7 heteroatoms. The van der Waals surface area contributed by atoms with E-state index in [1.807, 2.05) is 37.3 Å². The van der Waals surface area contributed by atoms with Gasteiger partial charge in [-0.15, -0.1) is 0 Å². The summed E-state index contributed by atoms with van der Waals surface area (Å²) in [6, 6.07) is 12.1. The van der Waals surface area contributed by atoms with E-state index in [0.717, 1.165) is 45.2 Å². The lowest BCUT2D eigenvalue weighted by Crippen LogP contribution is -2.29. The van der Waals surface area contributed by atoms with E-state index in [0.29, 0.717) is 6.42 Å². The predicted molar refractivity (Wildman–Crippen MR) is 115 cm³/mol. The van der Waals surface area contributed by atoms with Crippen LogP contribution in [0.3, 0.4) is 0 Å². The minimum absolute atomic E-state index is 0.145. The number of hydroxylamine groups is 1. The molecular formula is C23H22FNO4S. The van der Waals surface area contributed by atoms with E-state index in [1.165, 1.54) is 12.1 Å². The predicted octanol–water partition coefficient (Wildman–Crippen LogP) is 3.92. The SMILES string of the molecule is CC(=O)C(=O)NOCCC1=C(C)C(=Cc2ccc(S(C)=O)cc2)c2ccc(F)cc21. The normalized spacial score (nSPS) is 15.3. The first kappa shape index (κ1) is 21.8. The molecule has 0 spiro atoms. The number of fused-ring (bicyclic) bond motifs is 1. The maximum Gasteiger partial charge on any atom is 0.310 e. The van der Waals surface area contributed by atoms with Crippen molar-refractivity contribution in [2.45, 2.75) is 25.2 Å². The van der Waals surface area contributed by atoms with Crippen molar-refractivity contribution in [1.29, 1.82) is 0 Å². The first-order valence-electron chi connectivity index (χ1n) is 9.36. The molecule has 156 valence electrons. The number of halogens is 1. The largest absolute Gasteiger partial charge is 0.310 e. The van der Waals surface area contributed by atoms with Crippen molar-refractivity contribution in [3.63, 3.8) is 0 Å². The lowest BCUT2D eigenvalue weighted by atomic mass is 10.0. The Hall–Kier alpha value is -2.90. The molecule has 0 fully saturated rings. The van der Waals surface area contributed by atoms with Crippen LogP contribution < -0.4 is 5.48 Å². The summed E-state index contributed by atoms with van der Waals surface area (Å²) in [5, 5.41) is 0. The van der Waals surface area contributed by atoms with Gasteiger partial charge in [0.25, 0.3) is 0 Å². The van der Waals surface area contributed by atoms with Gasteiger partial charge in [-0.05, 0) is 77.1 Å². The number of benzene rings is 2. The van der Waals surface area contributed by atoms with Crippen LogP contribution >= 0.6 is 0 Å². The number of nitrogens with one attached hydrogen (secondary N) is 1. The molecule has 0 aromatic heterocycles. The minimum Gasteiger partial charge on any atom is -0.289 e. The van der Waals surface area contributed by atoms with Gasteiger partial charge in [-0.1, -0.05) is 18.2 Å². The number of hydrogen-bond acceptors (Lipinski definition) is 4. The highest BCUT2D eigenvalue weighted by Crippen LogP contribution is 2.43. The summed E-state index contributed by atoms with van der Waals surface area (Å²) in [7, 11) is -1.04. The van der Waals surface area contributed by atoms with Gasteiger partial charge in [0.2, 0.25) is 5.78 Å². The van der Waals surface area contributed by atoms with Crippen molar-refractivity contribution in [3.8, 4) is 0 Å². The quantitative estimate of drug-likeness (QED) is 0.413. The molecule has 0 bridgehead atoms. The standard InChI is InChI=1S/C23H22FNO4S/c1-14-19(10-11-29-25-23(27)15(2)26)22-13-17(24)6-9-20(22)21(14)12-16-4-7-18(8-5-16)30(3)28/h4-9,12-13H,10-11H2,1-3H3,(H,25,27). The topological polar surface area (TPSA) is 72.5 Å². The summed E-state index contributed by atoms with van der Waals surface area (Å²) < 4.78 is 25.5. The van der Waals surface area contributed by atoms with E-state index in [-0.39, 0.29) is 12.4 Å². The van der Waals surface area contributed by atoms with Gasteiger partial charge in [-0.3, -0.25) is 18.6 Å². The van der Waals surface area contributed by atoms with Crippen LogP contribution in [0.2, 0.25) is 0 Å². The second-order valence-corrected chi connectivity index (χ2v) is 8.34. The summed E-state index contributed by atoms with van der Waals surface area (Å²) >= 11 is 0. The molecule has 1 amide bonds. The lowest BCUT2D eigenvalue weighted by molar-refractivity contribution is -0.144. The van der Waals surface area contributed by atoms with E-state index < -0.39 is 22.5 Å². The van der Waals surface area contributed by atoms with Gasteiger partial charge in [-0.25, -0.2) is 9.87 Å². The Balaban J connectivity index is 1.87. The molecule has 1 atom stereocenters. The molecule has 1 aliphatic rings. The van der Waals surface area contributed by atoms with Crippen LogP contribution in [0, 0.1) is 5.82 Å². The highest BCUT2D eigenvalue weighted by Gasteiger charge is 2.24. The number of hydrogen-bond donors (Lipinski definition) is 1. The van der Waals surface area contributed by atoms with Crippen LogP contribution in [0.4, 0.5) is 4.39 Å². The molecule has 0 aliphatic heterocycles. The molecular weight excluding hydrogens is 405 g/mol. The lowest BCUT2D eigenvalue weighted by Gasteiger charge is -2.07. The van der Waals surface area contributed by atoms with Crippen molar-refractivity contribution in [1.82, 2.24) is 5.48 Å². The second kappa shape index (κ2) is 9.28. The molecule has 30 heavy (non-hydrogen) atoms. The molecule has 2 aromatic carbocycles. The smallest absolute Gasteiger partial charge is 0.289 e. The number of amides is 1. The van der Waals surface area contributed by atoms with Crippen molar-refractivity contribution < 1.29 is 23.0 Å². The fourth-order valence-corrected chi connectivity index (χ4v) is 3.86. The Kier molecular flexibility index (Phi) is 6.74. The van der Waals surface area contributed by atoms with Crippen LogP contribution in [-0.2, 0) is 25.2 Å². The van der Waals surface area contributed by atoms with Gasteiger partial charge in [-0.2, -0.15) is 0 Å². The van der Waals surface area contributed by atoms with Gasteiger partial charge in [0.1, 0.15) is 5.82 Å². The minimum atomic E-state index is -1.04. The Bertz CT molecular complexity index is 1090. The van der Waals surface area contributed by atoms with E-state index in [1.54, 1.807) is 12.3 Å². The van der Waals surface area contributed by atoms with Crippen LogP contribution in [0.5, 0.6) is 0 Å². The van der Waals surface area contributed by atoms with Crippen molar-refractivity contribution in [2.24, 2.45) is 0 Å². The number of Topliss-reactive ketones (excluding diaryl/α,β-unsaturated/α-hetero) is 1. The molecule has 2 aromatic rings. The van der Waals surface area contributed by atoms with E-state index in [4.69, 9.17) is 4.84 Å². The molecule has 1 unspecified atom stereocenters. The third kappa shape index (κ3) is 4.80. The number of carbonyl (C=O) groups excluding carboxylic acids is 2. The van der Waals surface area contributed by atoms with Gasteiger partial charge < -0.3 is 0 Å². The number of rotatable bonds is 7. The van der Waals surface area contributed by atoms with Crippen LogP contribution in [-0.4, -0.2) is 28.8 Å². The van der Waals surface area contributed by atoms with Crippen LogP contribution in [0.1, 0.15) is 37.0 Å². The Labute approximate surface area is 177 Å². The van der Waals surface area contributed by atoms with Crippen molar-refractivity contribution in [2.75, 3.05) is 12.9 Å². The second-order valence-electron chi connectivity index (χ2n) is 6.96. The Morgan fingerprint density at radius 2 is 1.83 bits per heavy atom. The monoisotopic (exact) mass is 427 g/mol. The van der Waals surface area contributed by atoms with Gasteiger partial charge >= 0.3 is 5.91 Å². The number of allylic oxidation sites excluding steroid dienone is 2. The summed E-state index contributed by atoms with van der Waals surface area (Å²) in [5.41, 5.74) is 7.61. The number of ketones is 1. The highest BCUT2D eigenvalue weighted by molar-refractivity contribution is 7.84. The molecule has 1 N–H and O–H groups in total. The Morgan fingerprint density at radius 3 is 2.47 bits per heavy atom. The van der Waals surface area contributed by atoms with E-state index >= 15 is 0 Å². The van der Waals surface area contributed by atoms with Crippen LogP contribution in [0.25, 0.3) is 17.2 Å². The molecule has 5 nitrogen and oxygen atoms in total. The van der Waals surface area contributed by atoms with E-state index in [9.17, 15) is 18.2 Å². The third-order valence-electron chi connectivity index (χ3n) is 4.92. The zero-order valence-electron chi connectivity index (χ0n) is 17.0. The highest BCUT2D eigenvalue weighted by atomic mass is 32.2. The molecule has 0 saturated carbocycles. The first-order chi connectivity index (χ1) is 14.3. The molecule has 0 radical (unpaired) electrons. The van der Waals surface area contributed by atoms with Gasteiger partial charge in [0.05, 0.1) is 6.61 Å². The maximum atomic E-state index is 13.9. The maximum absolute atomic E-state index is 13.9. The van der Waals surface area contributed by atoms with Gasteiger partial charge in [0.15, 0.2) is 0 Å². The van der Waals surface area contributed by atoms with Crippen molar-refractivity contribution in [3.05, 3.63) is 70.5 Å². The van der Waals surface area contributed by atoms with Crippen LogP contribution in [0.15, 0.2) is 52.9 Å². The fourth-order valence-electron chi connectivity index (χ4n) is 3.34.